The molecule has 0 aliphatic rings. The molecule has 0 radical (unpaired) electrons. The summed E-state index contributed by atoms with van der Waals surface area (Å²) < 4.78 is 22.9. The Kier molecular flexibility index (Phi) is 4.08. The number of benzene rings is 1. The Labute approximate surface area is 87.4 Å². The van der Waals surface area contributed by atoms with E-state index in [2.05, 4.69) is 0 Å². The first-order chi connectivity index (χ1) is 7.04. The predicted molar refractivity (Wildman–Crippen MR) is 53.3 cm³/mol. The van der Waals surface area contributed by atoms with Crippen molar-refractivity contribution in [1.82, 2.24) is 0 Å². The molecular weight excluding hydrogens is 202 g/mol. The van der Waals surface area contributed by atoms with E-state index < -0.39 is 19.2 Å². The Bertz CT molecular complexity index is 332. The van der Waals surface area contributed by atoms with Gasteiger partial charge in [0.15, 0.2) is 6.29 Å². The van der Waals surface area contributed by atoms with Crippen LogP contribution in [0.4, 0.5) is 4.39 Å². The van der Waals surface area contributed by atoms with Gasteiger partial charge in [-0.1, -0.05) is 0 Å². The average molecular weight is 214 g/mol. The minimum Gasteiger partial charge on any atom is -0.466 e. The first-order valence-corrected chi connectivity index (χ1v) is 4.39. The normalized spacial score (nSPS) is 12.3. The van der Waals surface area contributed by atoms with Gasteiger partial charge in [-0.25, -0.2) is 4.39 Å². The van der Waals surface area contributed by atoms with Gasteiger partial charge in [0.1, 0.15) is 11.6 Å². The summed E-state index contributed by atoms with van der Waals surface area (Å²) in [6, 6.07) is 3.49. The maximum atomic E-state index is 12.8. The number of methoxy groups -OCH3 is 1. The number of halogens is 1. The maximum absolute atomic E-state index is 12.8. The molecule has 1 aromatic carbocycles. The first kappa shape index (κ1) is 12.0. The molecule has 0 amide bonds. The lowest BCUT2D eigenvalue weighted by molar-refractivity contribution is -0.0377. The minimum absolute atomic E-state index is 0.0288. The lowest BCUT2D eigenvalue weighted by Crippen LogP contribution is -2.33. The quantitative estimate of drug-likeness (QED) is 0.541. The first-order valence-electron chi connectivity index (χ1n) is 4.39. The van der Waals surface area contributed by atoms with Crippen molar-refractivity contribution in [2.24, 2.45) is 0 Å². The smallest absolute Gasteiger partial charge is 0.466 e. The SMILES string of the molecule is COC(C)Oc1ccc(F)cc1B(O)O. The van der Waals surface area contributed by atoms with Crippen LogP contribution in [0, 0.1) is 5.82 Å². The average Bonchev–Trinajstić information content (AvgIpc) is 2.20. The maximum Gasteiger partial charge on any atom is 0.492 e. The summed E-state index contributed by atoms with van der Waals surface area (Å²) in [4.78, 5) is 0. The molecule has 0 saturated carbocycles. The van der Waals surface area contributed by atoms with Gasteiger partial charge in [-0.2, -0.15) is 0 Å². The second-order valence-electron chi connectivity index (χ2n) is 2.98. The molecule has 1 atom stereocenters. The van der Waals surface area contributed by atoms with Crippen LogP contribution in [0.1, 0.15) is 6.92 Å². The molecule has 15 heavy (non-hydrogen) atoms. The predicted octanol–water partition coefficient (Wildman–Crippen LogP) is -0.123. The van der Waals surface area contributed by atoms with Crippen LogP contribution in [0.15, 0.2) is 18.2 Å². The lowest BCUT2D eigenvalue weighted by Gasteiger charge is -2.15. The van der Waals surface area contributed by atoms with Crippen LogP contribution in [0.2, 0.25) is 0 Å². The van der Waals surface area contributed by atoms with Crippen molar-refractivity contribution in [3.05, 3.63) is 24.0 Å². The zero-order valence-electron chi connectivity index (χ0n) is 8.48. The molecule has 0 bridgehead atoms. The Hall–Kier alpha value is -1.11. The van der Waals surface area contributed by atoms with Crippen molar-refractivity contribution in [2.75, 3.05) is 7.11 Å². The highest BCUT2D eigenvalue weighted by Crippen LogP contribution is 2.11. The van der Waals surface area contributed by atoms with Gasteiger partial charge in [0.25, 0.3) is 0 Å². The molecule has 0 aliphatic carbocycles. The van der Waals surface area contributed by atoms with Crippen LogP contribution in [-0.4, -0.2) is 30.6 Å². The molecule has 2 N–H and O–H groups in total. The van der Waals surface area contributed by atoms with Crippen LogP contribution >= 0.6 is 0 Å². The molecule has 4 nitrogen and oxygen atoms in total. The van der Waals surface area contributed by atoms with E-state index in [-0.39, 0.29) is 11.2 Å². The zero-order chi connectivity index (χ0) is 11.4. The van der Waals surface area contributed by atoms with Crippen molar-refractivity contribution in [3.8, 4) is 5.75 Å². The molecule has 0 heterocycles. The minimum atomic E-state index is -1.78. The molecule has 0 aromatic heterocycles. The summed E-state index contributed by atoms with van der Waals surface area (Å²) in [6.07, 6.45) is -0.548. The van der Waals surface area contributed by atoms with E-state index in [1.165, 1.54) is 19.2 Å². The molecule has 1 rings (SSSR count). The van der Waals surface area contributed by atoms with Crippen LogP contribution in [-0.2, 0) is 4.74 Å². The number of ether oxygens (including phenoxy) is 2. The van der Waals surface area contributed by atoms with Gasteiger partial charge in [0, 0.05) is 12.6 Å². The monoisotopic (exact) mass is 214 g/mol. The zero-order valence-corrected chi connectivity index (χ0v) is 8.48. The van der Waals surface area contributed by atoms with Gasteiger partial charge in [0.2, 0.25) is 0 Å². The van der Waals surface area contributed by atoms with E-state index >= 15 is 0 Å². The number of hydrogen-bond donors (Lipinski definition) is 2. The molecule has 1 unspecified atom stereocenters. The summed E-state index contributed by atoms with van der Waals surface area (Å²) >= 11 is 0. The lowest BCUT2D eigenvalue weighted by atomic mass is 9.79. The van der Waals surface area contributed by atoms with E-state index in [0.29, 0.717) is 0 Å². The summed E-state index contributed by atoms with van der Waals surface area (Å²) in [5.41, 5.74) is -0.0288. The summed E-state index contributed by atoms with van der Waals surface area (Å²) in [5, 5.41) is 18.0. The Morgan fingerprint density at radius 2 is 2.07 bits per heavy atom. The fraction of sp³-hybridized carbons (Fsp3) is 0.333. The molecule has 82 valence electrons. The van der Waals surface area contributed by atoms with E-state index in [9.17, 15) is 4.39 Å². The standard InChI is InChI=1S/C9H12BFO4/c1-6(14-2)15-9-4-3-7(11)5-8(9)10(12)13/h3-6,12-13H,1-2H3. The third kappa shape index (κ3) is 3.19. The highest BCUT2D eigenvalue weighted by atomic mass is 19.1. The number of hydrogen-bond acceptors (Lipinski definition) is 4. The second-order valence-corrected chi connectivity index (χ2v) is 2.98. The van der Waals surface area contributed by atoms with Crippen LogP contribution < -0.4 is 10.2 Å². The van der Waals surface area contributed by atoms with Crippen molar-refractivity contribution in [2.45, 2.75) is 13.2 Å². The van der Waals surface area contributed by atoms with E-state index in [0.717, 1.165) is 6.07 Å². The second kappa shape index (κ2) is 5.11. The molecule has 0 fully saturated rings. The number of rotatable bonds is 4. The van der Waals surface area contributed by atoms with Crippen LogP contribution in [0.25, 0.3) is 0 Å². The summed E-state index contributed by atoms with van der Waals surface area (Å²) in [6.45, 7) is 1.64. The van der Waals surface area contributed by atoms with Crippen molar-refractivity contribution in [1.29, 1.82) is 0 Å². The van der Waals surface area contributed by atoms with Gasteiger partial charge < -0.3 is 19.5 Å². The van der Waals surface area contributed by atoms with Gasteiger partial charge in [-0.05, 0) is 25.1 Å². The highest BCUT2D eigenvalue weighted by molar-refractivity contribution is 6.59. The Morgan fingerprint density at radius 1 is 1.40 bits per heavy atom. The van der Waals surface area contributed by atoms with Crippen molar-refractivity contribution >= 4 is 12.6 Å². The van der Waals surface area contributed by atoms with E-state index in [1.54, 1.807) is 6.92 Å². The largest absolute Gasteiger partial charge is 0.492 e. The highest BCUT2D eigenvalue weighted by Gasteiger charge is 2.19. The van der Waals surface area contributed by atoms with E-state index in [4.69, 9.17) is 19.5 Å². The molecule has 6 heteroatoms. The molecule has 0 spiro atoms. The molecular formula is C9H12BFO4. The van der Waals surface area contributed by atoms with Crippen LogP contribution in [0.3, 0.4) is 0 Å². The van der Waals surface area contributed by atoms with Crippen molar-refractivity contribution in [3.63, 3.8) is 0 Å². The van der Waals surface area contributed by atoms with Gasteiger partial charge in [-0.3, -0.25) is 0 Å². The fourth-order valence-electron chi connectivity index (χ4n) is 1.06. The van der Waals surface area contributed by atoms with Gasteiger partial charge >= 0.3 is 7.12 Å². The van der Waals surface area contributed by atoms with E-state index in [1.807, 2.05) is 0 Å². The topological polar surface area (TPSA) is 58.9 Å². The molecule has 0 aliphatic heterocycles. The van der Waals surface area contributed by atoms with Crippen molar-refractivity contribution < 1.29 is 23.9 Å². The molecule has 1 aromatic rings. The third-order valence-corrected chi connectivity index (χ3v) is 1.87. The summed E-state index contributed by atoms with van der Waals surface area (Å²) in [5.74, 6) is -0.378. The Morgan fingerprint density at radius 3 is 2.60 bits per heavy atom. The van der Waals surface area contributed by atoms with Gasteiger partial charge in [-0.15, -0.1) is 0 Å². The fourth-order valence-corrected chi connectivity index (χ4v) is 1.06. The van der Waals surface area contributed by atoms with Crippen LogP contribution in [0.5, 0.6) is 5.75 Å². The molecule has 0 saturated heterocycles. The third-order valence-electron chi connectivity index (χ3n) is 1.87. The Balaban J connectivity index is 2.95. The summed E-state index contributed by atoms with van der Waals surface area (Å²) in [7, 11) is -0.330. The van der Waals surface area contributed by atoms with Gasteiger partial charge in [0.05, 0.1) is 0 Å².